The van der Waals surface area contributed by atoms with Crippen LogP contribution in [0.4, 0.5) is 4.79 Å². The first-order valence-corrected chi connectivity index (χ1v) is 8.02. The van der Waals surface area contributed by atoms with Crippen LogP contribution in [-0.2, 0) is 11.4 Å². The maximum Gasteiger partial charge on any atom is 0.290 e. The van der Waals surface area contributed by atoms with Crippen molar-refractivity contribution in [2.75, 3.05) is 0 Å². The minimum absolute atomic E-state index is 0.351. The highest BCUT2D eigenvalue weighted by molar-refractivity contribution is 8.18. The fourth-order valence-electron chi connectivity index (χ4n) is 2.03. The van der Waals surface area contributed by atoms with E-state index in [1.165, 1.54) is 0 Å². The van der Waals surface area contributed by atoms with Gasteiger partial charge in [0.1, 0.15) is 12.4 Å². The lowest BCUT2D eigenvalue weighted by molar-refractivity contribution is -0.115. The van der Waals surface area contributed by atoms with E-state index in [0.717, 1.165) is 22.9 Å². The molecule has 3 rings (SSSR count). The van der Waals surface area contributed by atoms with E-state index in [9.17, 15) is 9.59 Å². The third-order valence-electron chi connectivity index (χ3n) is 3.13. The molecule has 0 unspecified atom stereocenters. The van der Waals surface area contributed by atoms with Gasteiger partial charge in [-0.2, -0.15) is 0 Å². The molecular weight excluding hydrogens is 334 g/mol. The van der Waals surface area contributed by atoms with Crippen LogP contribution in [0.2, 0.25) is 5.02 Å². The van der Waals surface area contributed by atoms with Crippen LogP contribution in [0.1, 0.15) is 11.1 Å². The number of carbonyl (C=O) groups excluding carboxylic acids is 2. The number of thioether (sulfide) groups is 1. The summed E-state index contributed by atoms with van der Waals surface area (Å²) in [6.07, 6.45) is 1.62. The largest absolute Gasteiger partial charge is 0.487 e. The Balaban J connectivity index is 1.72. The van der Waals surface area contributed by atoms with Crippen molar-refractivity contribution in [3.8, 4) is 5.75 Å². The van der Waals surface area contributed by atoms with Crippen molar-refractivity contribution < 1.29 is 14.3 Å². The van der Waals surface area contributed by atoms with Gasteiger partial charge >= 0.3 is 0 Å². The van der Waals surface area contributed by atoms with E-state index >= 15 is 0 Å². The smallest absolute Gasteiger partial charge is 0.290 e. The van der Waals surface area contributed by atoms with Crippen LogP contribution >= 0.6 is 23.4 Å². The maximum atomic E-state index is 11.5. The topological polar surface area (TPSA) is 55.4 Å². The molecule has 2 aromatic rings. The van der Waals surface area contributed by atoms with Gasteiger partial charge in [-0.3, -0.25) is 14.9 Å². The molecule has 0 atom stereocenters. The number of hydrogen-bond acceptors (Lipinski definition) is 4. The molecule has 0 aromatic heterocycles. The molecule has 2 aromatic carbocycles. The molecule has 2 amide bonds. The van der Waals surface area contributed by atoms with E-state index in [1.807, 2.05) is 30.3 Å². The minimum Gasteiger partial charge on any atom is -0.487 e. The number of carbonyl (C=O) groups is 2. The van der Waals surface area contributed by atoms with Crippen molar-refractivity contribution in [2.24, 2.45) is 0 Å². The third-order valence-corrected chi connectivity index (χ3v) is 4.24. The van der Waals surface area contributed by atoms with Gasteiger partial charge in [0.15, 0.2) is 0 Å². The molecule has 1 heterocycles. The Bertz CT molecular complexity index is 790. The summed E-state index contributed by atoms with van der Waals surface area (Å²) in [5.74, 6) is 0.179. The Hall–Kier alpha value is -2.24. The van der Waals surface area contributed by atoms with E-state index in [4.69, 9.17) is 16.3 Å². The molecule has 1 aliphatic rings. The first-order valence-electron chi connectivity index (χ1n) is 6.83. The van der Waals surface area contributed by atoms with Gasteiger partial charge in [0.25, 0.3) is 11.1 Å². The number of halogens is 1. The quantitative estimate of drug-likeness (QED) is 0.842. The highest BCUT2D eigenvalue weighted by Crippen LogP contribution is 2.30. The standard InChI is InChI=1S/C17H12ClNO3S/c18-13-8-12(9-15-16(20)19-17(21)23-15)6-7-14(13)22-10-11-4-2-1-3-5-11/h1-9H,10H2,(H,19,20,21)/b15-9-. The summed E-state index contributed by atoms with van der Waals surface area (Å²) in [5.41, 5.74) is 1.78. The molecule has 0 spiro atoms. The van der Waals surface area contributed by atoms with Gasteiger partial charge in [-0.15, -0.1) is 0 Å². The second-order valence-electron chi connectivity index (χ2n) is 4.82. The van der Waals surface area contributed by atoms with E-state index in [1.54, 1.807) is 24.3 Å². The highest BCUT2D eigenvalue weighted by Gasteiger charge is 2.24. The first kappa shape index (κ1) is 15.6. The lowest BCUT2D eigenvalue weighted by Crippen LogP contribution is -2.17. The number of hydrogen-bond donors (Lipinski definition) is 1. The van der Waals surface area contributed by atoms with Gasteiger partial charge < -0.3 is 4.74 Å². The fourth-order valence-corrected chi connectivity index (χ4v) is 2.96. The summed E-state index contributed by atoms with van der Waals surface area (Å²) in [4.78, 5) is 23.0. The summed E-state index contributed by atoms with van der Waals surface area (Å²) in [6.45, 7) is 0.424. The van der Waals surface area contributed by atoms with Gasteiger partial charge in [0.2, 0.25) is 0 Å². The van der Waals surface area contributed by atoms with Crippen molar-refractivity contribution in [1.29, 1.82) is 0 Å². The van der Waals surface area contributed by atoms with Crippen LogP contribution in [-0.4, -0.2) is 11.1 Å². The minimum atomic E-state index is -0.388. The van der Waals surface area contributed by atoms with E-state index < -0.39 is 0 Å². The number of imide groups is 1. The number of nitrogens with one attached hydrogen (secondary N) is 1. The summed E-state index contributed by atoms with van der Waals surface area (Å²) < 4.78 is 5.69. The van der Waals surface area contributed by atoms with Crippen molar-refractivity contribution in [3.05, 3.63) is 69.6 Å². The van der Waals surface area contributed by atoms with Crippen molar-refractivity contribution in [3.63, 3.8) is 0 Å². The lowest BCUT2D eigenvalue weighted by atomic mass is 10.2. The van der Waals surface area contributed by atoms with E-state index in [-0.39, 0.29) is 11.1 Å². The SMILES string of the molecule is O=C1NC(=O)/C(=C/c2ccc(OCc3ccccc3)c(Cl)c2)S1. The number of rotatable bonds is 4. The average Bonchev–Trinajstić information content (AvgIpc) is 2.85. The molecule has 6 heteroatoms. The summed E-state index contributed by atoms with van der Waals surface area (Å²) in [7, 11) is 0. The molecule has 1 N–H and O–H groups in total. The predicted molar refractivity (Wildman–Crippen MR) is 91.3 cm³/mol. The zero-order valence-corrected chi connectivity index (χ0v) is 13.5. The fraction of sp³-hybridized carbons (Fsp3) is 0.0588. The van der Waals surface area contributed by atoms with Crippen LogP contribution in [0.5, 0.6) is 5.75 Å². The van der Waals surface area contributed by atoms with Crippen LogP contribution in [0.15, 0.2) is 53.4 Å². The molecule has 0 radical (unpaired) electrons. The Kier molecular flexibility index (Phi) is 4.69. The van der Waals surface area contributed by atoms with Gasteiger partial charge in [0.05, 0.1) is 9.93 Å². The van der Waals surface area contributed by atoms with Crippen molar-refractivity contribution in [2.45, 2.75) is 6.61 Å². The molecular formula is C17H12ClNO3S. The Labute approximate surface area is 142 Å². The number of amides is 2. The van der Waals surface area contributed by atoms with Crippen molar-refractivity contribution in [1.82, 2.24) is 5.32 Å². The van der Waals surface area contributed by atoms with Crippen molar-refractivity contribution >= 4 is 40.6 Å². The molecule has 1 saturated heterocycles. The molecule has 0 bridgehead atoms. The van der Waals surface area contributed by atoms with Crippen LogP contribution in [0, 0.1) is 0 Å². The second-order valence-corrected chi connectivity index (χ2v) is 6.24. The molecule has 1 aliphatic heterocycles. The maximum absolute atomic E-state index is 11.5. The molecule has 0 saturated carbocycles. The zero-order chi connectivity index (χ0) is 16.2. The molecule has 0 aliphatic carbocycles. The normalized spacial score (nSPS) is 15.8. The zero-order valence-electron chi connectivity index (χ0n) is 11.9. The van der Waals surface area contributed by atoms with E-state index in [0.29, 0.717) is 22.3 Å². The second kappa shape index (κ2) is 6.89. The lowest BCUT2D eigenvalue weighted by Gasteiger charge is -2.08. The van der Waals surface area contributed by atoms with Crippen LogP contribution < -0.4 is 10.1 Å². The van der Waals surface area contributed by atoms with Gasteiger partial charge in [-0.05, 0) is 41.1 Å². The predicted octanol–water partition coefficient (Wildman–Crippen LogP) is 4.24. The highest BCUT2D eigenvalue weighted by atomic mass is 35.5. The average molecular weight is 346 g/mol. The Morgan fingerprint density at radius 3 is 2.57 bits per heavy atom. The Morgan fingerprint density at radius 1 is 1.13 bits per heavy atom. The number of benzene rings is 2. The monoisotopic (exact) mass is 345 g/mol. The molecule has 1 fully saturated rings. The Morgan fingerprint density at radius 2 is 1.91 bits per heavy atom. The first-order chi connectivity index (χ1) is 11.1. The summed E-state index contributed by atoms with van der Waals surface area (Å²) in [6, 6.07) is 15.0. The van der Waals surface area contributed by atoms with E-state index in [2.05, 4.69) is 5.32 Å². The summed E-state index contributed by atoms with van der Waals surface area (Å²) >= 11 is 7.09. The van der Waals surface area contributed by atoms with Gasteiger partial charge in [-0.25, -0.2) is 0 Å². The van der Waals surface area contributed by atoms with Crippen LogP contribution in [0.3, 0.4) is 0 Å². The molecule has 116 valence electrons. The summed E-state index contributed by atoms with van der Waals surface area (Å²) in [5, 5.41) is 2.29. The number of ether oxygens (including phenoxy) is 1. The van der Waals surface area contributed by atoms with Gasteiger partial charge in [0, 0.05) is 0 Å². The van der Waals surface area contributed by atoms with Gasteiger partial charge in [-0.1, -0.05) is 48.0 Å². The third kappa shape index (κ3) is 3.94. The molecule has 4 nitrogen and oxygen atoms in total. The van der Waals surface area contributed by atoms with Crippen LogP contribution in [0.25, 0.3) is 6.08 Å². The molecule has 23 heavy (non-hydrogen) atoms.